The fourth-order valence-electron chi connectivity index (χ4n) is 2.72. The van der Waals surface area contributed by atoms with Crippen molar-refractivity contribution < 1.29 is 9.53 Å². The highest BCUT2D eigenvalue weighted by Crippen LogP contribution is 2.21. The summed E-state index contributed by atoms with van der Waals surface area (Å²) in [6.45, 7) is 11.5. The Morgan fingerprint density at radius 2 is 1.57 bits per heavy atom. The predicted octanol–water partition coefficient (Wildman–Crippen LogP) is 5.99. The van der Waals surface area contributed by atoms with Crippen LogP contribution in [0.2, 0.25) is 0 Å². The standard InChI is InChI=1S/C19H38O2/c1-6-9-11-12-13-17(8-3)15-21-19(20)18(16(4)5)14-10-7-2/h16-18H,6-15H2,1-5H3. The Morgan fingerprint density at radius 1 is 0.905 bits per heavy atom. The van der Waals surface area contributed by atoms with Gasteiger partial charge in [0.25, 0.3) is 0 Å². The van der Waals surface area contributed by atoms with Crippen LogP contribution < -0.4 is 0 Å². The molecule has 0 aliphatic carbocycles. The summed E-state index contributed by atoms with van der Waals surface area (Å²) in [5.74, 6) is 1.05. The van der Waals surface area contributed by atoms with Crippen molar-refractivity contribution in [2.24, 2.45) is 17.8 Å². The van der Waals surface area contributed by atoms with Gasteiger partial charge in [0.1, 0.15) is 0 Å². The van der Waals surface area contributed by atoms with E-state index in [9.17, 15) is 4.79 Å². The van der Waals surface area contributed by atoms with Crippen molar-refractivity contribution >= 4 is 5.97 Å². The smallest absolute Gasteiger partial charge is 0.309 e. The average Bonchev–Trinajstić information content (AvgIpc) is 2.46. The number of esters is 1. The fourth-order valence-corrected chi connectivity index (χ4v) is 2.72. The van der Waals surface area contributed by atoms with Gasteiger partial charge in [-0.2, -0.15) is 0 Å². The molecule has 0 fully saturated rings. The molecule has 2 heteroatoms. The van der Waals surface area contributed by atoms with Gasteiger partial charge in [-0.05, 0) is 24.7 Å². The van der Waals surface area contributed by atoms with Gasteiger partial charge in [0, 0.05) is 0 Å². The summed E-state index contributed by atoms with van der Waals surface area (Å²) in [4.78, 5) is 12.3. The maximum absolute atomic E-state index is 12.3. The molecule has 0 aromatic carbocycles. The van der Waals surface area contributed by atoms with E-state index < -0.39 is 0 Å². The highest BCUT2D eigenvalue weighted by Gasteiger charge is 2.23. The SMILES string of the molecule is CCCCCCC(CC)COC(=O)C(CCCC)C(C)C. The van der Waals surface area contributed by atoms with Crippen LogP contribution in [0.25, 0.3) is 0 Å². The molecule has 21 heavy (non-hydrogen) atoms. The topological polar surface area (TPSA) is 26.3 Å². The maximum Gasteiger partial charge on any atom is 0.309 e. The summed E-state index contributed by atoms with van der Waals surface area (Å²) < 4.78 is 5.63. The lowest BCUT2D eigenvalue weighted by Gasteiger charge is -2.21. The third kappa shape index (κ3) is 9.92. The van der Waals surface area contributed by atoms with Crippen LogP contribution in [0.4, 0.5) is 0 Å². The Bertz CT molecular complexity index is 248. The number of rotatable bonds is 13. The quantitative estimate of drug-likeness (QED) is 0.308. The molecule has 0 heterocycles. The zero-order valence-electron chi connectivity index (χ0n) is 15.1. The van der Waals surface area contributed by atoms with Crippen molar-refractivity contribution in [3.05, 3.63) is 0 Å². The molecule has 2 atom stereocenters. The second-order valence-corrected chi connectivity index (χ2v) is 6.75. The van der Waals surface area contributed by atoms with Crippen molar-refractivity contribution in [3.63, 3.8) is 0 Å². The summed E-state index contributed by atoms with van der Waals surface area (Å²) in [5, 5.41) is 0. The highest BCUT2D eigenvalue weighted by molar-refractivity contribution is 5.72. The van der Waals surface area contributed by atoms with Crippen molar-refractivity contribution in [1.29, 1.82) is 0 Å². The number of ether oxygens (including phenoxy) is 1. The summed E-state index contributed by atoms with van der Waals surface area (Å²) in [5.41, 5.74) is 0. The van der Waals surface area contributed by atoms with Crippen LogP contribution in [0.15, 0.2) is 0 Å². The number of hydrogen-bond acceptors (Lipinski definition) is 2. The van der Waals surface area contributed by atoms with Gasteiger partial charge in [-0.3, -0.25) is 4.79 Å². The molecule has 0 N–H and O–H groups in total. The average molecular weight is 299 g/mol. The van der Waals surface area contributed by atoms with Crippen LogP contribution in [-0.2, 0) is 9.53 Å². The van der Waals surface area contributed by atoms with E-state index in [2.05, 4.69) is 34.6 Å². The van der Waals surface area contributed by atoms with Crippen LogP contribution in [0, 0.1) is 17.8 Å². The minimum atomic E-state index is 0.0328. The van der Waals surface area contributed by atoms with E-state index in [0.717, 1.165) is 25.7 Å². The van der Waals surface area contributed by atoms with E-state index in [1.165, 1.54) is 32.1 Å². The number of unbranched alkanes of at least 4 members (excludes halogenated alkanes) is 4. The highest BCUT2D eigenvalue weighted by atomic mass is 16.5. The molecular weight excluding hydrogens is 260 g/mol. The first-order valence-electron chi connectivity index (χ1n) is 9.23. The van der Waals surface area contributed by atoms with E-state index in [1.807, 2.05) is 0 Å². The summed E-state index contributed by atoms with van der Waals surface area (Å²) in [6.07, 6.45) is 10.7. The van der Waals surface area contributed by atoms with Gasteiger partial charge in [-0.25, -0.2) is 0 Å². The lowest BCUT2D eigenvalue weighted by atomic mass is 9.90. The minimum Gasteiger partial charge on any atom is -0.465 e. The molecule has 2 unspecified atom stereocenters. The van der Waals surface area contributed by atoms with Crippen molar-refractivity contribution in [3.8, 4) is 0 Å². The van der Waals surface area contributed by atoms with Gasteiger partial charge < -0.3 is 4.74 Å². The molecule has 0 bridgehead atoms. The Balaban J connectivity index is 4.09. The molecule has 0 aliphatic heterocycles. The molecule has 126 valence electrons. The monoisotopic (exact) mass is 298 g/mol. The number of carbonyl (C=O) groups is 1. The molecule has 0 aromatic heterocycles. The molecule has 0 aromatic rings. The Kier molecular flexibility index (Phi) is 12.8. The molecule has 0 amide bonds. The zero-order chi connectivity index (χ0) is 16.1. The molecule has 2 nitrogen and oxygen atoms in total. The Morgan fingerprint density at radius 3 is 2.10 bits per heavy atom. The summed E-state index contributed by atoms with van der Waals surface area (Å²) >= 11 is 0. The van der Waals surface area contributed by atoms with Gasteiger partial charge in [0.05, 0.1) is 12.5 Å². The first-order valence-corrected chi connectivity index (χ1v) is 9.23. The lowest BCUT2D eigenvalue weighted by Crippen LogP contribution is -2.25. The first kappa shape index (κ1) is 20.5. The minimum absolute atomic E-state index is 0.0328. The van der Waals surface area contributed by atoms with Crippen molar-refractivity contribution in [2.75, 3.05) is 6.61 Å². The van der Waals surface area contributed by atoms with E-state index in [0.29, 0.717) is 18.4 Å². The largest absolute Gasteiger partial charge is 0.465 e. The third-order valence-electron chi connectivity index (χ3n) is 4.48. The van der Waals surface area contributed by atoms with Crippen LogP contribution in [0.5, 0.6) is 0 Å². The summed E-state index contributed by atoms with van der Waals surface area (Å²) in [6, 6.07) is 0. The lowest BCUT2D eigenvalue weighted by molar-refractivity contribution is -0.152. The second-order valence-electron chi connectivity index (χ2n) is 6.75. The van der Waals surface area contributed by atoms with E-state index in [4.69, 9.17) is 4.74 Å². The number of carbonyl (C=O) groups excluding carboxylic acids is 1. The van der Waals surface area contributed by atoms with Crippen molar-refractivity contribution in [1.82, 2.24) is 0 Å². The molecule has 0 saturated heterocycles. The maximum atomic E-state index is 12.3. The Labute approximate surface area is 133 Å². The van der Waals surface area contributed by atoms with E-state index in [1.54, 1.807) is 0 Å². The predicted molar refractivity (Wildman–Crippen MR) is 91.4 cm³/mol. The first-order chi connectivity index (χ1) is 10.1. The van der Waals surface area contributed by atoms with Gasteiger partial charge in [-0.15, -0.1) is 0 Å². The normalized spacial score (nSPS) is 14.2. The molecule has 0 saturated carbocycles. The van der Waals surface area contributed by atoms with Gasteiger partial charge in [-0.1, -0.05) is 79.6 Å². The molecule has 0 aliphatic rings. The van der Waals surface area contributed by atoms with Gasteiger partial charge in [0.15, 0.2) is 0 Å². The molecule has 0 radical (unpaired) electrons. The van der Waals surface area contributed by atoms with E-state index in [-0.39, 0.29) is 11.9 Å². The van der Waals surface area contributed by atoms with E-state index >= 15 is 0 Å². The van der Waals surface area contributed by atoms with Crippen LogP contribution in [-0.4, -0.2) is 12.6 Å². The molecule has 0 rings (SSSR count). The van der Waals surface area contributed by atoms with Gasteiger partial charge in [0.2, 0.25) is 0 Å². The van der Waals surface area contributed by atoms with Crippen LogP contribution in [0.3, 0.4) is 0 Å². The molecular formula is C19H38O2. The van der Waals surface area contributed by atoms with Crippen molar-refractivity contribution in [2.45, 2.75) is 92.4 Å². The zero-order valence-corrected chi connectivity index (χ0v) is 15.1. The Hall–Kier alpha value is -0.530. The fraction of sp³-hybridized carbons (Fsp3) is 0.947. The number of hydrogen-bond donors (Lipinski definition) is 0. The van der Waals surface area contributed by atoms with Crippen LogP contribution in [0.1, 0.15) is 92.4 Å². The summed E-state index contributed by atoms with van der Waals surface area (Å²) in [7, 11) is 0. The second kappa shape index (κ2) is 13.2. The molecule has 0 spiro atoms. The van der Waals surface area contributed by atoms with Crippen LogP contribution >= 0.6 is 0 Å². The third-order valence-corrected chi connectivity index (χ3v) is 4.48. The van der Waals surface area contributed by atoms with Gasteiger partial charge >= 0.3 is 5.97 Å².